The minimum Gasteiger partial charge on any atom is -0.497 e. The molecule has 0 spiro atoms. The standard InChI is InChI=1S/C13H16N4O2/c1-19-10-6-4-9(5-7-10)17-12(15-16-13(17)18)11-3-2-8-14-11/h4-7,11,14H,2-3,8H2,1H3,(H,16,18). The van der Waals surface area contributed by atoms with E-state index in [0.29, 0.717) is 0 Å². The van der Waals surface area contributed by atoms with E-state index >= 15 is 0 Å². The molecule has 100 valence electrons. The predicted molar refractivity (Wildman–Crippen MR) is 70.7 cm³/mol. The van der Waals surface area contributed by atoms with Gasteiger partial charge in [0.2, 0.25) is 0 Å². The number of benzene rings is 1. The Hall–Kier alpha value is -2.08. The van der Waals surface area contributed by atoms with Crippen molar-refractivity contribution in [3.63, 3.8) is 0 Å². The highest BCUT2D eigenvalue weighted by atomic mass is 16.5. The maximum absolute atomic E-state index is 11.9. The van der Waals surface area contributed by atoms with Gasteiger partial charge in [-0.3, -0.25) is 0 Å². The van der Waals surface area contributed by atoms with Crippen molar-refractivity contribution < 1.29 is 4.74 Å². The minimum atomic E-state index is -0.214. The topological polar surface area (TPSA) is 71.9 Å². The molecule has 2 N–H and O–H groups in total. The number of nitrogens with one attached hydrogen (secondary N) is 2. The van der Waals surface area contributed by atoms with Crippen molar-refractivity contribution in [2.75, 3.05) is 13.7 Å². The Morgan fingerprint density at radius 3 is 2.79 bits per heavy atom. The summed E-state index contributed by atoms with van der Waals surface area (Å²) in [6, 6.07) is 7.52. The van der Waals surface area contributed by atoms with E-state index in [-0.39, 0.29) is 11.7 Å². The van der Waals surface area contributed by atoms with Crippen LogP contribution in [0.5, 0.6) is 5.75 Å². The van der Waals surface area contributed by atoms with Crippen molar-refractivity contribution in [2.45, 2.75) is 18.9 Å². The normalized spacial score (nSPS) is 18.7. The summed E-state index contributed by atoms with van der Waals surface area (Å²) in [5.41, 5.74) is 0.581. The average molecular weight is 260 g/mol. The smallest absolute Gasteiger partial charge is 0.347 e. The lowest BCUT2D eigenvalue weighted by molar-refractivity contribution is 0.414. The van der Waals surface area contributed by atoms with Crippen molar-refractivity contribution in [3.8, 4) is 11.4 Å². The van der Waals surface area contributed by atoms with Gasteiger partial charge in [0, 0.05) is 0 Å². The molecule has 19 heavy (non-hydrogen) atoms. The molecule has 1 aromatic heterocycles. The first-order chi connectivity index (χ1) is 9.29. The second-order valence-corrected chi connectivity index (χ2v) is 4.57. The Bertz CT molecular complexity index is 608. The van der Waals surface area contributed by atoms with Crippen LogP contribution in [0.15, 0.2) is 29.1 Å². The molecule has 1 aliphatic heterocycles. The zero-order valence-corrected chi connectivity index (χ0v) is 10.7. The lowest BCUT2D eigenvalue weighted by Gasteiger charge is -2.11. The van der Waals surface area contributed by atoms with Crippen LogP contribution in [0.3, 0.4) is 0 Å². The molecule has 6 heteroatoms. The highest BCUT2D eigenvalue weighted by Gasteiger charge is 2.23. The molecule has 2 heterocycles. The summed E-state index contributed by atoms with van der Waals surface area (Å²) in [5, 5.41) is 10.0. The second kappa shape index (κ2) is 4.89. The molecule has 0 aliphatic carbocycles. The van der Waals surface area contributed by atoms with Gasteiger partial charge in [0.15, 0.2) is 5.82 Å². The first kappa shape index (κ1) is 12.0. The zero-order valence-electron chi connectivity index (χ0n) is 10.7. The van der Waals surface area contributed by atoms with Crippen LogP contribution in [0.25, 0.3) is 5.69 Å². The third kappa shape index (κ3) is 2.15. The molecular weight excluding hydrogens is 244 g/mol. The van der Waals surface area contributed by atoms with E-state index < -0.39 is 0 Å². The molecule has 6 nitrogen and oxygen atoms in total. The first-order valence-corrected chi connectivity index (χ1v) is 6.35. The number of aromatic amines is 1. The summed E-state index contributed by atoms with van der Waals surface area (Å²) < 4.78 is 6.74. The van der Waals surface area contributed by atoms with Crippen LogP contribution in [0.1, 0.15) is 24.7 Å². The van der Waals surface area contributed by atoms with E-state index in [4.69, 9.17) is 4.74 Å². The molecule has 3 rings (SSSR count). The van der Waals surface area contributed by atoms with Crippen LogP contribution in [-0.2, 0) is 0 Å². The van der Waals surface area contributed by atoms with E-state index in [0.717, 1.165) is 36.6 Å². The maximum atomic E-state index is 11.9. The molecular formula is C13H16N4O2. The quantitative estimate of drug-likeness (QED) is 0.863. The Morgan fingerprint density at radius 1 is 1.37 bits per heavy atom. The van der Waals surface area contributed by atoms with Gasteiger partial charge in [-0.1, -0.05) is 0 Å². The molecule has 1 saturated heterocycles. The largest absolute Gasteiger partial charge is 0.497 e. The fourth-order valence-electron chi connectivity index (χ4n) is 2.43. The Morgan fingerprint density at radius 2 is 2.16 bits per heavy atom. The predicted octanol–water partition coefficient (Wildman–Crippen LogP) is 0.994. The van der Waals surface area contributed by atoms with Gasteiger partial charge in [0.05, 0.1) is 18.8 Å². The first-order valence-electron chi connectivity index (χ1n) is 6.35. The molecule has 0 radical (unpaired) electrons. The number of rotatable bonds is 3. The molecule has 1 fully saturated rings. The lowest BCUT2D eigenvalue weighted by Crippen LogP contribution is -2.22. The fraction of sp³-hybridized carbons (Fsp3) is 0.385. The lowest BCUT2D eigenvalue weighted by atomic mass is 10.2. The summed E-state index contributed by atoms with van der Waals surface area (Å²) >= 11 is 0. The fourth-order valence-corrected chi connectivity index (χ4v) is 2.43. The van der Waals surface area contributed by atoms with Crippen LogP contribution in [0, 0.1) is 0 Å². The van der Waals surface area contributed by atoms with Gasteiger partial charge in [-0.15, -0.1) is 0 Å². The number of aromatic nitrogens is 3. The van der Waals surface area contributed by atoms with Gasteiger partial charge in [0.1, 0.15) is 5.75 Å². The SMILES string of the molecule is COc1ccc(-n2c(C3CCCN3)n[nH]c2=O)cc1. The van der Waals surface area contributed by atoms with Crippen molar-refractivity contribution in [1.29, 1.82) is 0 Å². The van der Waals surface area contributed by atoms with Crippen molar-refractivity contribution in [3.05, 3.63) is 40.6 Å². The summed E-state index contributed by atoms with van der Waals surface area (Å²) in [5.74, 6) is 1.51. The van der Waals surface area contributed by atoms with Gasteiger partial charge in [-0.25, -0.2) is 14.5 Å². The average Bonchev–Trinajstić information content (AvgIpc) is 3.08. The summed E-state index contributed by atoms with van der Waals surface area (Å²) in [4.78, 5) is 11.9. The number of methoxy groups -OCH3 is 1. The van der Waals surface area contributed by atoms with Gasteiger partial charge in [-0.05, 0) is 43.7 Å². The molecule has 1 atom stereocenters. The van der Waals surface area contributed by atoms with Crippen LogP contribution in [0.2, 0.25) is 0 Å². The highest BCUT2D eigenvalue weighted by molar-refractivity contribution is 5.38. The monoisotopic (exact) mass is 260 g/mol. The minimum absolute atomic E-state index is 0.140. The number of hydrogen-bond donors (Lipinski definition) is 2. The summed E-state index contributed by atoms with van der Waals surface area (Å²) in [6.45, 7) is 0.967. The van der Waals surface area contributed by atoms with Crippen LogP contribution >= 0.6 is 0 Å². The van der Waals surface area contributed by atoms with Gasteiger partial charge < -0.3 is 10.1 Å². The van der Waals surface area contributed by atoms with Crippen LogP contribution in [0.4, 0.5) is 0 Å². The molecule has 0 saturated carbocycles. The summed E-state index contributed by atoms with van der Waals surface area (Å²) in [7, 11) is 1.62. The number of nitrogens with zero attached hydrogens (tertiary/aromatic N) is 2. The third-order valence-corrected chi connectivity index (χ3v) is 3.40. The Kier molecular flexibility index (Phi) is 3.08. The summed E-state index contributed by atoms with van der Waals surface area (Å²) in [6.07, 6.45) is 2.11. The molecule has 1 aromatic carbocycles. The molecule has 0 amide bonds. The molecule has 0 bridgehead atoms. The maximum Gasteiger partial charge on any atom is 0.347 e. The van der Waals surface area contributed by atoms with Crippen molar-refractivity contribution in [1.82, 2.24) is 20.1 Å². The van der Waals surface area contributed by atoms with Crippen LogP contribution < -0.4 is 15.7 Å². The van der Waals surface area contributed by atoms with E-state index in [1.54, 1.807) is 11.7 Å². The molecule has 2 aromatic rings. The van der Waals surface area contributed by atoms with Gasteiger partial charge in [-0.2, -0.15) is 5.10 Å². The Balaban J connectivity index is 2.02. The third-order valence-electron chi connectivity index (χ3n) is 3.40. The zero-order chi connectivity index (χ0) is 13.2. The van der Waals surface area contributed by atoms with Crippen molar-refractivity contribution in [2.24, 2.45) is 0 Å². The van der Waals surface area contributed by atoms with Gasteiger partial charge in [0.25, 0.3) is 0 Å². The van der Waals surface area contributed by atoms with Crippen molar-refractivity contribution >= 4 is 0 Å². The van der Waals surface area contributed by atoms with Crippen LogP contribution in [-0.4, -0.2) is 28.4 Å². The number of H-pyrrole nitrogens is 1. The molecule has 1 aliphatic rings. The Labute approximate surface area is 110 Å². The number of ether oxygens (including phenoxy) is 1. The second-order valence-electron chi connectivity index (χ2n) is 4.57. The highest BCUT2D eigenvalue weighted by Crippen LogP contribution is 2.23. The van der Waals surface area contributed by atoms with E-state index in [9.17, 15) is 4.79 Å². The van der Waals surface area contributed by atoms with E-state index in [1.165, 1.54) is 0 Å². The van der Waals surface area contributed by atoms with E-state index in [1.807, 2.05) is 24.3 Å². The van der Waals surface area contributed by atoms with E-state index in [2.05, 4.69) is 15.5 Å². The molecule has 1 unspecified atom stereocenters. The van der Waals surface area contributed by atoms with Gasteiger partial charge >= 0.3 is 5.69 Å². The number of hydrogen-bond acceptors (Lipinski definition) is 4.